The van der Waals surface area contributed by atoms with Crippen molar-refractivity contribution in [2.45, 2.75) is 55.6 Å². The molecule has 27 heavy (non-hydrogen) atoms. The Bertz CT molecular complexity index is 654. The van der Waals surface area contributed by atoms with Crippen molar-refractivity contribution in [1.82, 2.24) is 4.31 Å². The fourth-order valence-corrected chi connectivity index (χ4v) is 3.60. The molecule has 1 saturated heterocycles. The number of nitrogens with zero attached hydrogens (tertiary/aromatic N) is 1. The van der Waals surface area contributed by atoms with Gasteiger partial charge in [-0.15, -0.1) is 0 Å². The van der Waals surface area contributed by atoms with E-state index in [0.29, 0.717) is 0 Å². The largest absolute Gasteiger partial charge is 0.449 e. The van der Waals surface area contributed by atoms with Crippen LogP contribution in [0.3, 0.4) is 0 Å². The van der Waals surface area contributed by atoms with E-state index < -0.39 is 51.4 Å². The summed E-state index contributed by atoms with van der Waals surface area (Å²) in [6.45, 7) is 2.14. The number of rotatable bonds is 8. The van der Waals surface area contributed by atoms with E-state index in [9.17, 15) is 43.5 Å². The average molecular weight is 460 g/mol. The topological polar surface area (TPSA) is 65.1 Å². The first-order chi connectivity index (χ1) is 11.7. The van der Waals surface area contributed by atoms with Gasteiger partial charge in [0, 0.05) is 6.61 Å². The highest BCUT2D eigenvalue weighted by Crippen LogP contribution is 2.50. The van der Waals surface area contributed by atoms with Gasteiger partial charge in [0.1, 0.15) is 5.72 Å². The Balaban J connectivity index is 3.27. The molecule has 1 rings (SSSR count). The maximum atomic E-state index is 14.0. The zero-order chi connectivity index (χ0) is 21.7. The molecule has 1 heterocycles. The molecule has 0 bridgehead atoms. The second kappa shape index (κ2) is 7.09. The van der Waals surface area contributed by atoms with Gasteiger partial charge in [0.05, 0.1) is 6.54 Å². The van der Waals surface area contributed by atoms with E-state index in [2.05, 4.69) is 16.3 Å². The minimum absolute atomic E-state index is 0.0681. The van der Waals surface area contributed by atoms with Crippen molar-refractivity contribution in [2.24, 2.45) is 0 Å². The summed E-state index contributed by atoms with van der Waals surface area (Å²) in [6.07, 6.45) is -14.3. The van der Waals surface area contributed by atoms with Crippen LogP contribution in [0.25, 0.3) is 0 Å². The molecule has 0 aromatic carbocycles. The van der Waals surface area contributed by atoms with Crippen LogP contribution in [-0.4, -0.2) is 60.7 Å². The van der Waals surface area contributed by atoms with Gasteiger partial charge in [0.25, 0.3) is 10.0 Å². The summed E-state index contributed by atoms with van der Waals surface area (Å²) in [4.78, 5) is 0. The van der Waals surface area contributed by atoms with Crippen LogP contribution in [0.1, 0.15) is 20.8 Å². The lowest BCUT2D eigenvalue weighted by Crippen LogP contribution is -2.60. The van der Waals surface area contributed by atoms with Gasteiger partial charge in [-0.25, -0.2) is 13.2 Å². The molecule has 0 radical (unpaired) electrons. The van der Waals surface area contributed by atoms with Crippen molar-refractivity contribution in [2.75, 3.05) is 13.2 Å². The van der Waals surface area contributed by atoms with E-state index in [1.165, 1.54) is 6.92 Å². The number of ether oxygens (including phenoxy) is 3. The minimum atomic E-state index is -6.59. The van der Waals surface area contributed by atoms with Gasteiger partial charge in [-0.05, 0) is 32.4 Å². The molecular weight excluding hydrogens is 446 g/mol. The van der Waals surface area contributed by atoms with Crippen LogP contribution in [0.15, 0.2) is 0 Å². The highest BCUT2D eigenvalue weighted by atomic mass is 35.5. The minimum Gasteiger partial charge on any atom is -0.351 e. The van der Waals surface area contributed by atoms with Gasteiger partial charge < -0.3 is 9.47 Å². The van der Waals surface area contributed by atoms with E-state index in [4.69, 9.17) is 9.47 Å². The van der Waals surface area contributed by atoms with E-state index >= 15 is 0 Å². The predicted octanol–water partition coefficient (Wildman–Crippen LogP) is 3.37. The number of sulfonamides is 1. The quantitative estimate of drug-likeness (QED) is 0.411. The predicted molar refractivity (Wildman–Crippen MR) is 72.9 cm³/mol. The molecule has 0 aliphatic carbocycles. The van der Waals surface area contributed by atoms with Crippen molar-refractivity contribution in [1.29, 1.82) is 0 Å². The summed E-state index contributed by atoms with van der Waals surface area (Å²) in [7, 11) is -6.47. The first kappa shape index (κ1) is 24.6. The Morgan fingerprint density at radius 1 is 1.11 bits per heavy atom. The molecule has 1 atom stereocenters. The molecule has 1 unspecified atom stereocenters. The normalized spacial score (nSPS) is 23.0. The SMILES string of the molecule is CCOC1CN(S(=O)(=O)C(F)(F)C(F)(F)OC(F)(F)C(F)(F)Cl)C(C)(C)O1. The Morgan fingerprint density at radius 2 is 1.59 bits per heavy atom. The summed E-state index contributed by atoms with van der Waals surface area (Å²) in [5.41, 5.74) is -2.16. The van der Waals surface area contributed by atoms with Gasteiger partial charge in [-0.2, -0.15) is 39.4 Å². The Morgan fingerprint density at radius 3 is 2.00 bits per heavy atom. The third kappa shape index (κ3) is 4.42. The van der Waals surface area contributed by atoms with Gasteiger partial charge in [0.2, 0.25) is 0 Å². The van der Waals surface area contributed by atoms with Crippen LogP contribution in [0.5, 0.6) is 0 Å². The highest BCUT2D eigenvalue weighted by molar-refractivity contribution is 7.90. The van der Waals surface area contributed by atoms with Crippen LogP contribution in [0, 0.1) is 0 Å². The Kier molecular flexibility index (Phi) is 6.45. The zero-order valence-electron chi connectivity index (χ0n) is 13.8. The number of alkyl halides is 9. The van der Waals surface area contributed by atoms with Crippen LogP contribution in [0.4, 0.5) is 35.1 Å². The van der Waals surface area contributed by atoms with E-state index in [-0.39, 0.29) is 10.9 Å². The molecule has 0 aromatic heterocycles. The van der Waals surface area contributed by atoms with E-state index in [1.54, 1.807) is 0 Å². The molecule has 1 aliphatic heterocycles. The summed E-state index contributed by atoms with van der Waals surface area (Å²) >= 11 is 3.84. The molecular formula is C11H14ClF8NO5S. The molecule has 0 spiro atoms. The molecule has 0 N–H and O–H groups in total. The summed E-state index contributed by atoms with van der Waals surface area (Å²) in [5.74, 6) is 0. The summed E-state index contributed by atoms with van der Waals surface area (Å²) in [5, 5.41) is -12.2. The lowest BCUT2D eigenvalue weighted by Gasteiger charge is -2.35. The lowest BCUT2D eigenvalue weighted by atomic mass is 10.3. The van der Waals surface area contributed by atoms with Crippen LogP contribution >= 0.6 is 11.6 Å². The molecule has 162 valence electrons. The van der Waals surface area contributed by atoms with Crippen molar-refractivity contribution in [3.05, 3.63) is 0 Å². The van der Waals surface area contributed by atoms with Gasteiger partial charge in [-0.3, -0.25) is 0 Å². The fraction of sp³-hybridized carbons (Fsp3) is 1.00. The molecule has 0 aromatic rings. The van der Waals surface area contributed by atoms with Crippen LogP contribution in [-0.2, 0) is 24.2 Å². The van der Waals surface area contributed by atoms with Gasteiger partial charge >= 0.3 is 22.9 Å². The Labute approximate surface area is 153 Å². The standard InChI is InChI=1S/C11H14ClF8NO5S/c1-4-24-6-5-21(7(2,3)25-6)27(22,23)11(19,20)10(17,18)26-9(15,16)8(12,13)14/h6H,4-5H2,1-3H3. The summed E-state index contributed by atoms with van der Waals surface area (Å²) < 4.78 is 141. The van der Waals surface area contributed by atoms with Gasteiger partial charge in [-0.1, -0.05) is 0 Å². The molecule has 16 heteroatoms. The third-order valence-electron chi connectivity index (χ3n) is 3.23. The summed E-state index contributed by atoms with van der Waals surface area (Å²) in [6, 6.07) is 0. The molecule has 0 saturated carbocycles. The fourth-order valence-electron chi connectivity index (χ4n) is 2.00. The first-order valence-electron chi connectivity index (χ1n) is 6.95. The van der Waals surface area contributed by atoms with Gasteiger partial charge in [0.15, 0.2) is 6.29 Å². The number of halogens is 9. The highest BCUT2D eigenvalue weighted by Gasteiger charge is 2.76. The Hall–Kier alpha value is -0.480. The molecule has 1 aliphatic rings. The third-order valence-corrected chi connectivity index (χ3v) is 5.50. The maximum Gasteiger partial charge on any atom is 0.449 e. The van der Waals surface area contributed by atoms with E-state index in [1.807, 2.05) is 0 Å². The molecule has 1 fully saturated rings. The van der Waals surface area contributed by atoms with Crippen molar-refractivity contribution >= 4 is 21.6 Å². The monoisotopic (exact) mass is 459 g/mol. The average Bonchev–Trinajstić information content (AvgIpc) is 2.71. The number of hydrogen-bond acceptors (Lipinski definition) is 5. The first-order valence-corrected chi connectivity index (χ1v) is 8.77. The molecule has 0 amide bonds. The van der Waals surface area contributed by atoms with Crippen molar-refractivity contribution in [3.63, 3.8) is 0 Å². The molecule has 6 nitrogen and oxygen atoms in total. The maximum absolute atomic E-state index is 14.0. The zero-order valence-corrected chi connectivity index (χ0v) is 15.4. The van der Waals surface area contributed by atoms with Crippen LogP contribution < -0.4 is 0 Å². The smallest absolute Gasteiger partial charge is 0.351 e. The van der Waals surface area contributed by atoms with Crippen molar-refractivity contribution in [3.8, 4) is 0 Å². The van der Waals surface area contributed by atoms with Crippen LogP contribution in [0.2, 0.25) is 0 Å². The van der Waals surface area contributed by atoms with E-state index in [0.717, 1.165) is 13.8 Å². The second-order valence-corrected chi connectivity index (χ2v) is 8.01. The number of hydrogen-bond donors (Lipinski definition) is 0. The van der Waals surface area contributed by atoms with Crippen molar-refractivity contribution < 1.29 is 57.8 Å². The second-order valence-electron chi connectivity index (χ2n) is 5.64. The lowest BCUT2D eigenvalue weighted by molar-refractivity contribution is -0.443.